The molecule has 1 saturated heterocycles. The lowest BCUT2D eigenvalue weighted by molar-refractivity contribution is 0.398. The van der Waals surface area contributed by atoms with Crippen molar-refractivity contribution in [3.63, 3.8) is 0 Å². The van der Waals surface area contributed by atoms with Gasteiger partial charge in [-0.15, -0.1) is 0 Å². The fourth-order valence-corrected chi connectivity index (χ4v) is 2.69. The maximum Gasteiger partial charge on any atom is 0.167 e. The molecular formula is C15H19ClN4. The number of aromatic amines is 1. The van der Waals surface area contributed by atoms with Gasteiger partial charge in [-0.25, -0.2) is 4.98 Å². The number of nitrogens with zero attached hydrogens (tertiary/aromatic N) is 2. The third kappa shape index (κ3) is 3.38. The van der Waals surface area contributed by atoms with E-state index >= 15 is 0 Å². The van der Waals surface area contributed by atoms with Crippen LogP contribution in [-0.4, -0.2) is 21.7 Å². The van der Waals surface area contributed by atoms with E-state index in [1.807, 2.05) is 12.1 Å². The molecule has 0 saturated carbocycles. The zero-order valence-corrected chi connectivity index (χ0v) is 12.2. The Morgan fingerprint density at radius 3 is 2.75 bits per heavy atom. The summed E-state index contributed by atoms with van der Waals surface area (Å²) in [5.74, 6) is 1.87. The number of H-pyrrole nitrogens is 1. The van der Waals surface area contributed by atoms with Crippen molar-refractivity contribution in [2.75, 3.05) is 6.54 Å². The standard InChI is InChI=1S/C15H19ClN4/c16-12-7-4-11(5-8-12)6-9-14-18-15(20-19-14)13-3-1-2-10-17-13/h4-5,7-8,13,17H,1-3,6,9-10H2,(H,18,19,20). The molecule has 0 spiro atoms. The molecule has 1 unspecified atom stereocenters. The van der Waals surface area contributed by atoms with Crippen molar-refractivity contribution in [3.8, 4) is 0 Å². The minimum Gasteiger partial charge on any atom is -0.307 e. The van der Waals surface area contributed by atoms with Crippen molar-refractivity contribution < 1.29 is 0 Å². The first-order valence-electron chi connectivity index (χ1n) is 7.20. The Hall–Kier alpha value is -1.39. The first-order chi connectivity index (χ1) is 9.81. The SMILES string of the molecule is Clc1ccc(CCc2nc(C3CCCCN3)n[nH]2)cc1. The van der Waals surface area contributed by atoms with Crippen LogP contribution in [0.3, 0.4) is 0 Å². The molecule has 1 aliphatic heterocycles. The van der Waals surface area contributed by atoms with Crippen molar-refractivity contribution in [2.24, 2.45) is 0 Å². The molecule has 106 valence electrons. The van der Waals surface area contributed by atoms with Gasteiger partial charge < -0.3 is 5.32 Å². The quantitative estimate of drug-likeness (QED) is 0.910. The van der Waals surface area contributed by atoms with E-state index in [0.717, 1.165) is 42.5 Å². The molecule has 2 heterocycles. The highest BCUT2D eigenvalue weighted by Crippen LogP contribution is 2.19. The minimum absolute atomic E-state index is 0.323. The van der Waals surface area contributed by atoms with Crippen LogP contribution in [0.15, 0.2) is 24.3 Å². The number of benzene rings is 1. The van der Waals surface area contributed by atoms with Crippen LogP contribution in [0.1, 0.15) is 42.5 Å². The van der Waals surface area contributed by atoms with E-state index in [2.05, 4.69) is 32.6 Å². The summed E-state index contributed by atoms with van der Waals surface area (Å²) in [6.07, 6.45) is 5.47. The number of halogens is 1. The monoisotopic (exact) mass is 290 g/mol. The largest absolute Gasteiger partial charge is 0.307 e. The van der Waals surface area contributed by atoms with E-state index in [0.29, 0.717) is 6.04 Å². The summed E-state index contributed by atoms with van der Waals surface area (Å²) in [4.78, 5) is 4.61. The molecule has 0 amide bonds. The second-order valence-corrected chi connectivity index (χ2v) is 5.71. The van der Waals surface area contributed by atoms with Crippen LogP contribution in [0.4, 0.5) is 0 Å². The Labute approximate surface area is 124 Å². The number of rotatable bonds is 4. The Morgan fingerprint density at radius 1 is 1.15 bits per heavy atom. The first-order valence-corrected chi connectivity index (χ1v) is 7.58. The predicted molar refractivity (Wildman–Crippen MR) is 79.8 cm³/mol. The topological polar surface area (TPSA) is 53.6 Å². The fourth-order valence-electron chi connectivity index (χ4n) is 2.56. The third-order valence-electron chi connectivity index (χ3n) is 3.73. The van der Waals surface area contributed by atoms with E-state index in [1.165, 1.54) is 18.4 Å². The first kappa shape index (κ1) is 13.6. The molecule has 0 radical (unpaired) electrons. The summed E-state index contributed by atoms with van der Waals surface area (Å²) < 4.78 is 0. The Morgan fingerprint density at radius 2 is 2.00 bits per heavy atom. The van der Waals surface area contributed by atoms with Gasteiger partial charge in [0.15, 0.2) is 5.82 Å². The van der Waals surface area contributed by atoms with E-state index in [1.54, 1.807) is 0 Å². The zero-order valence-electron chi connectivity index (χ0n) is 11.4. The molecule has 0 bridgehead atoms. The lowest BCUT2D eigenvalue weighted by atomic mass is 10.0. The van der Waals surface area contributed by atoms with E-state index in [-0.39, 0.29) is 0 Å². The van der Waals surface area contributed by atoms with Gasteiger partial charge in [0.05, 0.1) is 6.04 Å². The van der Waals surface area contributed by atoms with Crippen LogP contribution >= 0.6 is 11.6 Å². The van der Waals surface area contributed by atoms with Gasteiger partial charge in [-0.1, -0.05) is 30.2 Å². The van der Waals surface area contributed by atoms with Gasteiger partial charge in [0.2, 0.25) is 0 Å². The molecule has 0 aliphatic carbocycles. The third-order valence-corrected chi connectivity index (χ3v) is 3.99. The average molecular weight is 291 g/mol. The van der Waals surface area contributed by atoms with Gasteiger partial charge in [-0.2, -0.15) is 5.10 Å². The maximum atomic E-state index is 5.88. The molecule has 2 aromatic rings. The van der Waals surface area contributed by atoms with Gasteiger partial charge in [0.1, 0.15) is 5.82 Å². The molecule has 1 fully saturated rings. The average Bonchev–Trinajstić information content (AvgIpc) is 2.97. The maximum absolute atomic E-state index is 5.88. The van der Waals surface area contributed by atoms with Crippen LogP contribution < -0.4 is 5.32 Å². The number of aryl methyl sites for hydroxylation is 2. The van der Waals surface area contributed by atoms with Gasteiger partial charge in [0, 0.05) is 11.4 Å². The van der Waals surface area contributed by atoms with E-state index < -0.39 is 0 Å². The molecule has 5 heteroatoms. The van der Waals surface area contributed by atoms with Crippen molar-refractivity contribution in [2.45, 2.75) is 38.1 Å². The Bertz CT molecular complexity index is 543. The van der Waals surface area contributed by atoms with Crippen LogP contribution in [0.5, 0.6) is 0 Å². The molecule has 1 aliphatic rings. The van der Waals surface area contributed by atoms with E-state index in [4.69, 9.17) is 11.6 Å². The van der Waals surface area contributed by atoms with Crippen LogP contribution in [0, 0.1) is 0 Å². The van der Waals surface area contributed by atoms with Crippen molar-refractivity contribution >= 4 is 11.6 Å². The second-order valence-electron chi connectivity index (χ2n) is 5.27. The highest BCUT2D eigenvalue weighted by Gasteiger charge is 2.18. The summed E-state index contributed by atoms with van der Waals surface area (Å²) in [6, 6.07) is 8.29. The number of aromatic nitrogens is 3. The summed E-state index contributed by atoms with van der Waals surface area (Å²) >= 11 is 5.88. The molecule has 3 rings (SSSR count). The summed E-state index contributed by atoms with van der Waals surface area (Å²) in [5, 5.41) is 11.7. The lowest BCUT2D eigenvalue weighted by Crippen LogP contribution is -2.27. The van der Waals surface area contributed by atoms with Gasteiger partial charge in [0.25, 0.3) is 0 Å². The summed E-state index contributed by atoms with van der Waals surface area (Å²) in [7, 11) is 0. The Kier molecular flexibility index (Phi) is 4.33. The van der Waals surface area contributed by atoms with Crippen molar-refractivity contribution in [1.82, 2.24) is 20.5 Å². The van der Waals surface area contributed by atoms with Gasteiger partial charge in [-0.3, -0.25) is 5.10 Å². The summed E-state index contributed by atoms with van der Waals surface area (Å²) in [5.41, 5.74) is 1.27. The number of hydrogen-bond donors (Lipinski definition) is 2. The molecule has 1 atom stereocenters. The van der Waals surface area contributed by atoms with Gasteiger partial charge in [-0.05, 0) is 43.5 Å². The number of nitrogens with one attached hydrogen (secondary N) is 2. The highest BCUT2D eigenvalue weighted by atomic mass is 35.5. The number of piperidine rings is 1. The second kappa shape index (κ2) is 6.37. The fraction of sp³-hybridized carbons (Fsp3) is 0.467. The predicted octanol–water partition coefficient (Wildman–Crippen LogP) is 3.06. The normalized spacial score (nSPS) is 19.1. The van der Waals surface area contributed by atoms with Crippen LogP contribution in [0.2, 0.25) is 5.02 Å². The van der Waals surface area contributed by atoms with Gasteiger partial charge >= 0.3 is 0 Å². The van der Waals surface area contributed by atoms with Crippen LogP contribution in [0.25, 0.3) is 0 Å². The highest BCUT2D eigenvalue weighted by molar-refractivity contribution is 6.30. The molecule has 1 aromatic heterocycles. The van der Waals surface area contributed by atoms with Crippen molar-refractivity contribution in [1.29, 1.82) is 0 Å². The molecule has 20 heavy (non-hydrogen) atoms. The molecule has 2 N–H and O–H groups in total. The Balaban J connectivity index is 1.58. The molecule has 4 nitrogen and oxygen atoms in total. The van der Waals surface area contributed by atoms with E-state index in [9.17, 15) is 0 Å². The zero-order chi connectivity index (χ0) is 13.8. The lowest BCUT2D eigenvalue weighted by Gasteiger charge is -2.20. The van der Waals surface area contributed by atoms with Crippen molar-refractivity contribution in [3.05, 3.63) is 46.5 Å². The van der Waals surface area contributed by atoms with Crippen LogP contribution in [-0.2, 0) is 12.8 Å². The smallest absolute Gasteiger partial charge is 0.167 e. The minimum atomic E-state index is 0.323. The number of hydrogen-bond acceptors (Lipinski definition) is 3. The molecular weight excluding hydrogens is 272 g/mol. The molecule has 1 aromatic carbocycles. The summed E-state index contributed by atoms with van der Waals surface area (Å²) in [6.45, 7) is 1.07.